The van der Waals surface area contributed by atoms with Gasteiger partial charge in [0.15, 0.2) is 0 Å². The lowest BCUT2D eigenvalue weighted by Crippen LogP contribution is -2.31. The molecule has 22 heavy (non-hydrogen) atoms. The number of nitrogens with zero attached hydrogens (tertiary/aromatic N) is 3. The van der Waals surface area contributed by atoms with Crippen molar-refractivity contribution in [1.29, 1.82) is 0 Å². The van der Waals surface area contributed by atoms with Crippen LogP contribution in [0.1, 0.15) is 0 Å². The Morgan fingerprint density at radius 1 is 1.00 bits per heavy atom. The second kappa shape index (κ2) is 7.89. The number of azo groups is 1. The highest BCUT2D eigenvalue weighted by atomic mass is 35.5. The quantitative estimate of drug-likeness (QED) is 0.800. The van der Waals surface area contributed by atoms with Crippen LogP contribution in [0.25, 0.3) is 0 Å². The standard InChI is InChI=1S/C16H18ClN3O2/c1-20(10-16(22)11-21)15-8-6-14(7-9-15)19-18-13-4-2-12(17)3-5-13/h2-9,16,21-22H,10-11H2,1H3. The molecular weight excluding hydrogens is 302 g/mol. The maximum atomic E-state index is 9.44. The Labute approximate surface area is 134 Å². The molecule has 6 heteroatoms. The van der Waals surface area contributed by atoms with Gasteiger partial charge in [0.2, 0.25) is 0 Å². The number of likely N-dealkylation sites (N-methyl/N-ethyl adjacent to an activating group) is 1. The van der Waals surface area contributed by atoms with Crippen LogP contribution in [0.3, 0.4) is 0 Å². The van der Waals surface area contributed by atoms with Gasteiger partial charge in [0.25, 0.3) is 0 Å². The minimum Gasteiger partial charge on any atom is -0.394 e. The van der Waals surface area contributed by atoms with Crippen molar-refractivity contribution in [3.63, 3.8) is 0 Å². The predicted molar refractivity (Wildman–Crippen MR) is 88.4 cm³/mol. The zero-order chi connectivity index (χ0) is 15.9. The molecule has 0 aliphatic rings. The summed E-state index contributed by atoms with van der Waals surface area (Å²) >= 11 is 5.81. The minimum absolute atomic E-state index is 0.252. The first kappa shape index (κ1) is 16.4. The Hall–Kier alpha value is -1.95. The summed E-state index contributed by atoms with van der Waals surface area (Å²) in [5.41, 5.74) is 2.39. The van der Waals surface area contributed by atoms with Crippen LogP contribution in [0.15, 0.2) is 58.8 Å². The molecule has 0 aliphatic heterocycles. The lowest BCUT2D eigenvalue weighted by atomic mass is 10.2. The van der Waals surface area contributed by atoms with Gasteiger partial charge in [0, 0.05) is 24.3 Å². The SMILES string of the molecule is CN(CC(O)CO)c1ccc(N=Nc2ccc(Cl)cc2)cc1. The highest BCUT2D eigenvalue weighted by Crippen LogP contribution is 2.22. The molecule has 0 amide bonds. The van der Waals surface area contributed by atoms with E-state index in [9.17, 15) is 5.11 Å². The van der Waals surface area contributed by atoms with Gasteiger partial charge in [-0.15, -0.1) is 0 Å². The molecule has 2 aromatic carbocycles. The predicted octanol–water partition coefficient (Wildman–Crippen LogP) is 3.54. The van der Waals surface area contributed by atoms with Crippen molar-refractivity contribution in [2.24, 2.45) is 10.2 Å². The maximum absolute atomic E-state index is 9.44. The van der Waals surface area contributed by atoms with Gasteiger partial charge in [-0.2, -0.15) is 10.2 Å². The second-order valence-corrected chi connectivity index (χ2v) is 5.35. The van der Waals surface area contributed by atoms with Crippen molar-refractivity contribution >= 4 is 28.7 Å². The Balaban J connectivity index is 2.01. The van der Waals surface area contributed by atoms with Crippen LogP contribution in [-0.2, 0) is 0 Å². The molecule has 0 radical (unpaired) electrons. The fourth-order valence-corrected chi connectivity index (χ4v) is 2.00. The van der Waals surface area contributed by atoms with Crippen LogP contribution in [-0.4, -0.2) is 36.5 Å². The number of anilines is 1. The third kappa shape index (κ3) is 4.80. The molecule has 0 heterocycles. The third-order valence-corrected chi connectivity index (χ3v) is 3.35. The number of aliphatic hydroxyl groups is 2. The molecule has 2 aromatic rings. The van der Waals surface area contributed by atoms with Crippen LogP contribution in [0.4, 0.5) is 17.1 Å². The Morgan fingerprint density at radius 3 is 2.00 bits per heavy atom. The number of hydrogen-bond acceptors (Lipinski definition) is 5. The monoisotopic (exact) mass is 319 g/mol. The number of hydrogen-bond donors (Lipinski definition) is 2. The summed E-state index contributed by atoms with van der Waals surface area (Å²) in [5.74, 6) is 0. The van der Waals surface area contributed by atoms with Gasteiger partial charge in [-0.1, -0.05) is 11.6 Å². The van der Waals surface area contributed by atoms with E-state index in [-0.39, 0.29) is 6.61 Å². The van der Waals surface area contributed by atoms with E-state index >= 15 is 0 Å². The number of halogens is 1. The van der Waals surface area contributed by atoms with Gasteiger partial charge in [0.1, 0.15) is 0 Å². The van der Waals surface area contributed by atoms with Crippen molar-refractivity contribution in [2.45, 2.75) is 6.10 Å². The van der Waals surface area contributed by atoms with Crippen molar-refractivity contribution < 1.29 is 10.2 Å². The molecule has 116 valence electrons. The minimum atomic E-state index is -0.755. The van der Waals surface area contributed by atoms with Crippen LogP contribution < -0.4 is 4.90 Å². The molecule has 0 saturated carbocycles. The highest BCUT2D eigenvalue weighted by Gasteiger charge is 2.07. The van der Waals surface area contributed by atoms with Crippen molar-refractivity contribution in [3.05, 3.63) is 53.6 Å². The fraction of sp³-hybridized carbons (Fsp3) is 0.250. The van der Waals surface area contributed by atoms with E-state index < -0.39 is 6.10 Å². The number of rotatable bonds is 6. The van der Waals surface area contributed by atoms with Gasteiger partial charge in [0.05, 0.1) is 24.1 Å². The molecule has 0 fully saturated rings. The summed E-state index contributed by atoms with van der Waals surface area (Å²) in [6.07, 6.45) is -0.755. The van der Waals surface area contributed by atoms with Crippen LogP contribution >= 0.6 is 11.6 Å². The molecule has 1 unspecified atom stereocenters. The molecule has 2 rings (SSSR count). The topological polar surface area (TPSA) is 68.4 Å². The van der Waals surface area contributed by atoms with Gasteiger partial charge in [-0.05, 0) is 48.5 Å². The van der Waals surface area contributed by atoms with Crippen LogP contribution in [0.5, 0.6) is 0 Å². The smallest absolute Gasteiger partial charge is 0.0945 e. The van der Waals surface area contributed by atoms with Crippen molar-refractivity contribution in [3.8, 4) is 0 Å². The molecule has 0 bridgehead atoms. The first-order valence-corrected chi connectivity index (χ1v) is 7.23. The van der Waals surface area contributed by atoms with E-state index in [1.165, 1.54) is 0 Å². The summed E-state index contributed by atoms with van der Waals surface area (Å²) in [7, 11) is 1.85. The van der Waals surface area contributed by atoms with E-state index in [2.05, 4.69) is 10.2 Å². The molecule has 2 N–H and O–H groups in total. The highest BCUT2D eigenvalue weighted by molar-refractivity contribution is 6.30. The summed E-state index contributed by atoms with van der Waals surface area (Å²) in [5, 5.41) is 27.3. The lowest BCUT2D eigenvalue weighted by molar-refractivity contribution is 0.101. The van der Waals surface area contributed by atoms with E-state index in [1.807, 2.05) is 36.2 Å². The van der Waals surface area contributed by atoms with E-state index in [0.717, 1.165) is 17.1 Å². The van der Waals surface area contributed by atoms with Gasteiger partial charge < -0.3 is 15.1 Å². The van der Waals surface area contributed by atoms with E-state index in [4.69, 9.17) is 16.7 Å². The summed E-state index contributed by atoms with van der Waals surface area (Å²) in [4.78, 5) is 1.86. The zero-order valence-electron chi connectivity index (χ0n) is 12.2. The maximum Gasteiger partial charge on any atom is 0.0945 e. The lowest BCUT2D eigenvalue weighted by Gasteiger charge is -2.21. The molecular formula is C16H18ClN3O2. The summed E-state index contributed by atoms with van der Waals surface area (Å²) in [6.45, 7) is 0.111. The summed E-state index contributed by atoms with van der Waals surface area (Å²) in [6, 6.07) is 14.6. The third-order valence-electron chi connectivity index (χ3n) is 3.09. The molecule has 0 spiro atoms. The van der Waals surface area contributed by atoms with E-state index in [0.29, 0.717) is 11.6 Å². The van der Waals surface area contributed by atoms with Crippen LogP contribution in [0, 0.1) is 0 Å². The Morgan fingerprint density at radius 2 is 1.50 bits per heavy atom. The average molecular weight is 320 g/mol. The zero-order valence-corrected chi connectivity index (χ0v) is 13.0. The number of aliphatic hydroxyl groups excluding tert-OH is 2. The van der Waals surface area contributed by atoms with Crippen molar-refractivity contribution in [1.82, 2.24) is 0 Å². The second-order valence-electron chi connectivity index (χ2n) is 4.91. The average Bonchev–Trinajstić information content (AvgIpc) is 2.54. The number of benzene rings is 2. The Kier molecular flexibility index (Phi) is 5.89. The molecule has 1 atom stereocenters. The van der Waals surface area contributed by atoms with Crippen molar-refractivity contribution in [2.75, 3.05) is 25.1 Å². The normalized spacial score (nSPS) is 12.5. The van der Waals surface area contributed by atoms with E-state index in [1.54, 1.807) is 24.3 Å². The summed E-state index contributed by atoms with van der Waals surface area (Å²) < 4.78 is 0. The van der Waals surface area contributed by atoms with Gasteiger partial charge in [-0.3, -0.25) is 0 Å². The van der Waals surface area contributed by atoms with Gasteiger partial charge in [-0.25, -0.2) is 0 Å². The largest absolute Gasteiger partial charge is 0.394 e. The molecule has 5 nitrogen and oxygen atoms in total. The fourth-order valence-electron chi connectivity index (χ4n) is 1.88. The van der Waals surface area contributed by atoms with Gasteiger partial charge >= 0.3 is 0 Å². The molecule has 0 saturated heterocycles. The first-order valence-electron chi connectivity index (χ1n) is 6.86. The molecule has 0 aliphatic carbocycles. The molecule has 0 aromatic heterocycles. The Bertz CT molecular complexity index is 614. The van der Waals surface area contributed by atoms with Crippen LogP contribution in [0.2, 0.25) is 5.02 Å². The first-order chi connectivity index (χ1) is 10.6.